The number of nitrogens with zero attached hydrogens (tertiary/aromatic N) is 3. The van der Waals surface area contributed by atoms with Crippen LogP contribution in [-0.4, -0.2) is 21.9 Å². The molecule has 0 spiro atoms. The quantitative estimate of drug-likeness (QED) is 0.689. The second-order valence-corrected chi connectivity index (χ2v) is 3.98. The van der Waals surface area contributed by atoms with Gasteiger partial charge in [0.1, 0.15) is 10.8 Å². The number of aromatic nitrogens is 2. The summed E-state index contributed by atoms with van der Waals surface area (Å²) in [6, 6.07) is 3.13. The van der Waals surface area contributed by atoms with Crippen LogP contribution in [0.1, 0.15) is 0 Å². The van der Waals surface area contributed by atoms with Crippen molar-refractivity contribution in [2.45, 2.75) is 0 Å². The molecule has 7 nitrogen and oxygen atoms in total. The Morgan fingerprint density at radius 1 is 1.50 bits per heavy atom. The monoisotopic (exact) mass is 298 g/mol. The van der Waals surface area contributed by atoms with Crippen LogP contribution in [0.5, 0.6) is 11.6 Å². The highest BCUT2D eigenvalue weighted by Crippen LogP contribution is 2.29. The van der Waals surface area contributed by atoms with Gasteiger partial charge in [0.25, 0.3) is 0 Å². The molecule has 1 aromatic heterocycles. The van der Waals surface area contributed by atoms with Gasteiger partial charge in [0, 0.05) is 19.2 Å². The minimum Gasteiger partial charge on any atom is -0.437 e. The van der Waals surface area contributed by atoms with Gasteiger partial charge in [-0.15, -0.1) is 0 Å². The summed E-state index contributed by atoms with van der Waals surface area (Å²) in [6.07, 6.45) is 1.32. The van der Waals surface area contributed by atoms with Crippen LogP contribution in [0, 0.1) is 15.9 Å². The molecule has 20 heavy (non-hydrogen) atoms. The molecule has 0 radical (unpaired) electrons. The molecule has 0 fully saturated rings. The molecule has 1 N–H and O–H groups in total. The Balaban J connectivity index is 2.30. The molecule has 0 amide bonds. The number of hydrogen-bond acceptors (Lipinski definition) is 6. The van der Waals surface area contributed by atoms with Gasteiger partial charge in [0.05, 0.1) is 11.1 Å². The van der Waals surface area contributed by atoms with E-state index in [9.17, 15) is 14.5 Å². The van der Waals surface area contributed by atoms with Crippen LogP contribution < -0.4 is 10.1 Å². The first-order valence-corrected chi connectivity index (χ1v) is 5.71. The standard InChI is InChI=1S/C11H8ClFN4O3/c1-14-11-15-5-7(12)10(16-11)20-6-2-3-9(17(18)19)8(13)4-6/h2-5H,1H3,(H,14,15,16). The van der Waals surface area contributed by atoms with Crippen molar-refractivity contribution in [3.63, 3.8) is 0 Å². The maximum atomic E-state index is 13.4. The molecule has 2 rings (SSSR count). The number of nitrogens with one attached hydrogen (secondary N) is 1. The molecule has 1 aromatic carbocycles. The lowest BCUT2D eigenvalue weighted by molar-refractivity contribution is -0.387. The van der Waals surface area contributed by atoms with Gasteiger partial charge in [0.2, 0.25) is 17.6 Å². The van der Waals surface area contributed by atoms with Gasteiger partial charge in [0.15, 0.2) is 0 Å². The van der Waals surface area contributed by atoms with E-state index in [1.807, 2.05) is 0 Å². The van der Waals surface area contributed by atoms with E-state index in [-0.39, 0.29) is 22.6 Å². The molecule has 1 heterocycles. The molecule has 0 unspecified atom stereocenters. The molecule has 9 heteroatoms. The number of rotatable bonds is 4. The molecule has 104 valence electrons. The van der Waals surface area contributed by atoms with Crippen molar-refractivity contribution in [1.82, 2.24) is 9.97 Å². The highest BCUT2D eigenvalue weighted by Gasteiger charge is 2.15. The van der Waals surface area contributed by atoms with Gasteiger partial charge >= 0.3 is 5.69 Å². The summed E-state index contributed by atoms with van der Waals surface area (Å²) in [4.78, 5) is 17.5. The van der Waals surface area contributed by atoms with Crippen LogP contribution >= 0.6 is 11.6 Å². The molecule has 0 saturated carbocycles. The highest BCUT2D eigenvalue weighted by atomic mass is 35.5. The van der Waals surface area contributed by atoms with E-state index in [1.165, 1.54) is 12.3 Å². The fourth-order valence-electron chi connectivity index (χ4n) is 1.35. The van der Waals surface area contributed by atoms with Gasteiger partial charge in [-0.05, 0) is 6.07 Å². The zero-order chi connectivity index (χ0) is 14.7. The van der Waals surface area contributed by atoms with Crippen LogP contribution in [0.4, 0.5) is 16.0 Å². The van der Waals surface area contributed by atoms with Gasteiger partial charge < -0.3 is 10.1 Å². The van der Waals surface area contributed by atoms with E-state index in [0.29, 0.717) is 0 Å². The van der Waals surface area contributed by atoms with Gasteiger partial charge in [-0.25, -0.2) is 4.98 Å². The van der Waals surface area contributed by atoms with E-state index in [1.54, 1.807) is 7.05 Å². The third-order valence-electron chi connectivity index (χ3n) is 2.27. The Kier molecular flexibility index (Phi) is 3.94. The van der Waals surface area contributed by atoms with E-state index >= 15 is 0 Å². The molecule has 2 aromatic rings. The third kappa shape index (κ3) is 2.91. The van der Waals surface area contributed by atoms with E-state index in [4.69, 9.17) is 16.3 Å². The summed E-state index contributed by atoms with van der Waals surface area (Å²) >= 11 is 5.84. The SMILES string of the molecule is CNc1ncc(Cl)c(Oc2ccc([N+](=O)[O-])c(F)c2)n1. The van der Waals surface area contributed by atoms with E-state index in [0.717, 1.165) is 12.1 Å². The van der Waals surface area contributed by atoms with Crippen molar-refractivity contribution >= 4 is 23.2 Å². The molecular weight excluding hydrogens is 291 g/mol. The predicted molar refractivity (Wildman–Crippen MR) is 69.7 cm³/mol. The number of ether oxygens (including phenoxy) is 1. The molecule has 0 aliphatic rings. The fraction of sp³-hybridized carbons (Fsp3) is 0.0909. The van der Waals surface area contributed by atoms with Crippen LogP contribution in [0.15, 0.2) is 24.4 Å². The van der Waals surface area contributed by atoms with E-state index in [2.05, 4.69) is 15.3 Å². The fourth-order valence-corrected chi connectivity index (χ4v) is 1.48. The highest BCUT2D eigenvalue weighted by molar-refractivity contribution is 6.31. The predicted octanol–water partition coefficient (Wildman–Crippen LogP) is 3.01. The summed E-state index contributed by atoms with van der Waals surface area (Å²) < 4.78 is 18.7. The first-order valence-electron chi connectivity index (χ1n) is 5.33. The molecule has 0 bridgehead atoms. The number of anilines is 1. The second kappa shape index (κ2) is 5.66. The molecular formula is C11H8ClFN4O3. The average Bonchev–Trinajstić information content (AvgIpc) is 2.41. The topological polar surface area (TPSA) is 90.2 Å². The second-order valence-electron chi connectivity index (χ2n) is 3.57. The van der Waals surface area contributed by atoms with Crippen molar-refractivity contribution in [2.24, 2.45) is 0 Å². The minimum absolute atomic E-state index is 0.0132. The lowest BCUT2D eigenvalue weighted by atomic mass is 10.3. The van der Waals surface area contributed by atoms with Crippen molar-refractivity contribution in [2.75, 3.05) is 12.4 Å². The van der Waals surface area contributed by atoms with Crippen molar-refractivity contribution in [1.29, 1.82) is 0 Å². The smallest absolute Gasteiger partial charge is 0.305 e. The zero-order valence-corrected chi connectivity index (χ0v) is 10.9. The van der Waals surface area contributed by atoms with Crippen LogP contribution in [0.2, 0.25) is 5.02 Å². The Labute approximate surface area is 117 Å². The van der Waals surface area contributed by atoms with Crippen LogP contribution in [-0.2, 0) is 0 Å². The maximum Gasteiger partial charge on any atom is 0.305 e. The Bertz CT molecular complexity index is 668. The van der Waals surface area contributed by atoms with E-state index < -0.39 is 16.4 Å². The number of hydrogen-bond donors (Lipinski definition) is 1. The number of halogens is 2. The van der Waals surface area contributed by atoms with Crippen molar-refractivity contribution in [3.8, 4) is 11.6 Å². The first kappa shape index (κ1) is 13.9. The lowest BCUT2D eigenvalue weighted by Gasteiger charge is -2.07. The summed E-state index contributed by atoms with van der Waals surface area (Å²) in [5.41, 5.74) is -0.637. The van der Waals surface area contributed by atoms with Crippen LogP contribution in [0.3, 0.4) is 0 Å². The van der Waals surface area contributed by atoms with Crippen molar-refractivity contribution < 1.29 is 14.1 Å². The Morgan fingerprint density at radius 3 is 2.85 bits per heavy atom. The lowest BCUT2D eigenvalue weighted by Crippen LogP contribution is -1.99. The molecule has 0 aliphatic heterocycles. The number of nitro groups is 1. The summed E-state index contributed by atoms with van der Waals surface area (Å²) in [7, 11) is 1.61. The molecule has 0 saturated heterocycles. The van der Waals surface area contributed by atoms with Gasteiger partial charge in [-0.3, -0.25) is 10.1 Å². The first-order chi connectivity index (χ1) is 9.51. The average molecular weight is 299 g/mol. The third-order valence-corrected chi connectivity index (χ3v) is 2.53. The van der Waals surface area contributed by atoms with Crippen LogP contribution in [0.25, 0.3) is 0 Å². The summed E-state index contributed by atoms with van der Waals surface area (Å²) in [5, 5.41) is 13.3. The molecule has 0 atom stereocenters. The van der Waals surface area contributed by atoms with Crippen molar-refractivity contribution in [3.05, 3.63) is 45.4 Å². The van der Waals surface area contributed by atoms with Gasteiger partial charge in [-0.1, -0.05) is 11.6 Å². The summed E-state index contributed by atoms with van der Waals surface area (Å²) in [5.74, 6) is -0.687. The zero-order valence-electron chi connectivity index (χ0n) is 10.1. The Morgan fingerprint density at radius 2 is 2.25 bits per heavy atom. The minimum atomic E-state index is -1.01. The number of benzene rings is 1. The normalized spacial score (nSPS) is 10.2. The largest absolute Gasteiger partial charge is 0.437 e. The van der Waals surface area contributed by atoms with Gasteiger partial charge in [-0.2, -0.15) is 9.37 Å². The maximum absolute atomic E-state index is 13.4. The Hall–Kier alpha value is -2.48. The number of nitro benzene ring substituents is 1. The molecule has 0 aliphatic carbocycles. The summed E-state index contributed by atoms with van der Waals surface area (Å²) in [6.45, 7) is 0.